The summed E-state index contributed by atoms with van der Waals surface area (Å²) in [5, 5.41) is 9.02. The molecule has 1 N–H and O–H groups in total. The second kappa shape index (κ2) is 7.20. The number of allylic oxidation sites excluding steroid dienone is 1. The van der Waals surface area contributed by atoms with Crippen LogP contribution in [0.5, 0.6) is 5.75 Å². The lowest BCUT2D eigenvalue weighted by Gasteiger charge is -2.33. The van der Waals surface area contributed by atoms with Crippen LogP contribution in [-0.2, 0) is 5.41 Å². The van der Waals surface area contributed by atoms with Crippen molar-refractivity contribution in [1.29, 1.82) is 0 Å². The maximum Gasteiger partial charge on any atom is 0.335 e. The molecule has 0 aromatic heterocycles. The molecular formula is C22H24O3S. The van der Waals surface area contributed by atoms with Crippen molar-refractivity contribution in [2.75, 3.05) is 12.9 Å². The van der Waals surface area contributed by atoms with Crippen molar-refractivity contribution in [1.82, 2.24) is 0 Å². The van der Waals surface area contributed by atoms with Gasteiger partial charge in [-0.1, -0.05) is 32.1 Å². The molecule has 0 spiro atoms. The van der Waals surface area contributed by atoms with Crippen molar-refractivity contribution in [2.45, 2.75) is 37.5 Å². The number of aromatic carboxylic acids is 1. The molecule has 3 nitrogen and oxygen atoms in total. The van der Waals surface area contributed by atoms with Crippen LogP contribution in [0.4, 0.5) is 0 Å². The van der Waals surface area contributed by atoms with Gasteiger partial charge in [0, 0.05) is 10.5 Å². The number of hydrogen-bond donors (Lipinski definition) is 1. The molecule has 1 heterocycles. The summed E-state index contributed by atoms with van der Waals surface area (Å²) in [6.45, 7) is 6.64. The zero-order valence-corrected chi connectivity index (χ0v) is 16.4. The van der Waals surface area contributed by atoms with Crippen molar-refractivity contribution in [3.8, 4) is 5.75 Å². The zero-order chi connectivity index (χ0) is 18.9. The Kier molecular flexibility index (Phi) is 5.15. The summed E-state index contributed by atoms with van der Waals surface area (Å²) >= 11 is 1.91. The van der Waals surface area contributed by atoms with E-state index >= 15 is 0 Å². The van der Waals surface area contributed by atoms with Crippen molar-refractivity contribution >= 4 is 29.4 Å². The molecule has 0 saturated heterocycles. The molecule has 0 bridgehead atoms. The Bertz CT molecular complexity index is 864. The third kappa shape index (κ3) is 3.65. The van der Waals surface area contributed by atoms with Gasteiger partial charge < -0.3 is 9.84 Å². The zero-order valence-electron chi connectivity index (χ0n) is 15.6. The number of carboxylic acids is 1. The van der Waals surface area contributed by atoms with E-state index in [4.69, 9.17) is 9.84 Å². The van der Waals surface area contributed by atoms with Crippen LogP contribution in [0, 0.1) is 0 Å². The average molecular weight is 368 g/mol. The van der Waals surface area contributed by atoms with Crippen LogP contribution in [0.1, 0.15) is 54.2 Å². The van der Waals surface area contributed by atoms with Crippen LogP contribution >= 0.6 is 11.8 Å². The Labute approximate surface area is 159 Å². The van der Waals surface area contributed by atoms with Gasteiger partial charge in [-0.25, -0.2) is 4.79 Å². The van der Waals surface area contributed by atoms with E-state index in [0.717, 1.165) is 34.6 Å². The van der Waals surface area contributed by atoms with Crippen LogP contribution in [0.3, 0.4) is 0 Å². The highest BCUT2D eigenvalue weighted by molar-refractivity contribution is 7.99. The Morgan fingerprint density at radius 1 is 1.23 bits per heavy atom. The smallest absolute Gasteiger partial charge is 0.335 e. The van der Waals surface area contributed by atoms with Gasteiger partial charge in [0.15, 0.2) is 0 Å². The van der Waals surface area contributed by atoms with E-state index in [0.29, 0.717) is 5.56 Å². The predicted octanol–water partition coefficient (Wildman–Crippen LogP) is 5.73. The van der Waals surface area contributed by atoms with E-state index in [1.165, 1.54) is 10.5 Å². The molecule has 0 atom stereocenters. The minimum absolute atomic E-state index is 0.163. The molecule has 3 rings (SSSR count). The topological polar surface area (TPSA) is 46.5 Å². The van der Waals surface area contributed by atoms with Gasteiger partial charge in [-0.15, -0.1) is 11.8 Å². The van der Waals surface area contributed by atoms with Gasteiger partial charge in [-0.3, -0.25) is 0 Å². The fourth-order valence-corrected chi connectivity index (χ4v) is 4.81. The van der Waals surface area contributed by atoms with E-state index in [9.17, 15) is 4.79 Å². The van der Waals surface area contributed by atoms with E-state index in [2.05, 4.69) is 39.0 Å². The Hall–Kier alpha value is -2.20. The van der Waals surface area contributed by atoms with Crippen molar-refractivity contribution < 1.29 is 14.6 Å². The van der Waals surface area contributed by atoms with Crippen LogP contribution in [0.25, 0.3) is 11.6 Å². The van der Waals surface area contributed by atoms with Gasteiger partial charge in [-0.2, -0.15) is 0 Å². The molecule has 0 radical (unpaired) electrons. The van der Waals surface area contributed by atoms with E-state index in [-0.39, 0.29) is 5.41 Å². The number of hydrogen-bond acceptors (Lipinski definition) is 3. The lowest BCUT2D eigenvalue weighted by atomic mass is 9.81. The molecule has 2 aromatic carbocycles. The first-order valence-electron chi connectivity index (χ1n) is 8.69. The molecule has 0 fully saturated rings. The molecule has 2 aromatic rings. The molecule has 0 saturated carbocycles. The van der Waals surface area contributed by atoms with Gasteiger partial charge >= 0.3 is 5.97 Å². The van der Waals surface area contributed by atoms with Crippen LogP contribution < -0.4 is 4.74 Å². The molecule has 1 aliphatic rings. The number of methoxy groups -OCH3 is 1. The highest BCUT2D eigenvalue weighted by Gasteiger charge is 2.29. The highest BCUT2D eigenvalue weighted by Crippen LogP contribution is 2.45. The van der Waals surface area contributed by atoms with Gasteiger partial charge in [0.25, 0.3) is 0 Å². The van der Waals surface area contributed by atoms with Crippen molar-refractivity contribution in [2.24, 2.45) is 0 Å². The minimum Gasteiger partial charge on any atom is -0.496 e. The van der Waals surface area contributed by atoms with E-state index < -0.39 is 5.97 Å². The Morgan fingerprint density at radius 2 is 1.92 bits per heavy atom. The molecule has 0 amide bonds. The van der Waals surface area contributed by atoms with E-state index in [1.54, 1.807) is 19.2 Å². The number of carboxylic acid groups (broad SMARTS) is 1. The normalized spacial score (nSPS) is 16.1. The van der Waals surface area contributed by atoms with Crippen LogP contribution in [-0.4, -0.2) is 23.9 Å². The quantitative estimate of drug-likeness (QED) is 0.700. The summed E-state index contributed by atoms with van der Waals surface area (Å²) < 4.78 is 5.69. The summed E-state index contributed by atoms with van der Waals surface area (Å²) in [5.41, 5.74) is 4.96. The van der Waals surface area contributed by atoms with Gasteiger partial charge in [0.05, 0.1) is 12.7 Å². The highest BCUT2D eigenvalue weighted by atomic mass is 32.2. The molecular weight excluding hydrogens is 344 g/mol. The maximum absolute atomic E-state index is 11.0. The largest absolute Gasteiger partial charge is 0.496 e. The first kappa shape index (κ1) is 18.6. The van der Waals surface area contributed by atoms with Gasteiger partial charge in [0.2, 0.25) is 0 Å². The fourth-order valence-electron chi connectivity index (χ4n) is 3.29. The monoisotopic (exact) mass is 368 g/mol. The molecule has 1 aliphatic heterocycles. The minimum atomic E-state index is -0.909. The lowest BCUT2D eigenvalue weighted by molar-refractivity contribution is 0.0697. The number of thioether (sulfide) groups is 1. The molecule has 26 heavy (non-hydrogen) atoms. The number of fused-ring (bicyclic) bond motifs is 1. The first-order valence-corrected chi connectivity index (χ1v) is 9.68. The maximum atomic E-state index is 11.0. The Balaban J connectivity index is 2.01. The van der Waals surface area contributed by atoms with Crippen molar-refractivity contribution in [3.63, 3.8) is 0 Å². The summed E-state index contributed by atoms with van der Waals surface area (Å²) in [6.07, 6.45) is 3.23. The first-order chi connectivity index (χ1) is 12.3. The third-order valence-electron chi connectivity index (χ3n) is 4.98. The molecule has 0 aliphatic carbocycles. The summed E-state index contributed by atoms with van der Waals surface area (Å²) in [7, 11) is 1.71. The number of rotatable bonds is 4. The second-order valence-corrected chi connectivity index (χ2v) is 8.42. The fraction of sp³-hybridized carbons (Fsp3) is 0.318. The van der Waals surface area contributed by atoms with E-state index in [1.807, 2.05) is 23.9 Å². The summed E-state index contributed by atoms with van der Waals surface area (Å²) in [6, 6.07) is 11.3. The number of ether oxygens (including phenoxy) is 1. The van der Waals surface area contributed by atoms with Gasteiger partial charge in [0.1, 0.15) is 5.75 Å². The lowest BCUT2D eigenvalue weighted by Crippen LogP contribution is -2.22. The molecule has 0 unspecified atom stereocenters. The van der Waals surface area contributed by atoms with Crippen molar-refractivity contribution in [3.05, 3.63) is 58.7 Å². The summed E-state index contributed by atoms with van der Waals surface area (Å²) in [4.78, 5) is 12.3. The Morgan fingerprint density at radius 3 is 2.54 bits per heavy atom. The van der Waals surface area contributed by atoms with Crippen LogP contribution in [0.15, 0.2) is 41.3 Å². The van der Waals surface area contributed by atoms with Gasteiger partial charge in [-0.05, 0) is 65.5 Å². The average Bonchev–Trinajstić information content (AvgIpc) is 2.61. The third-order valence-corrected chi connectivity index (χ3v) is 6.04. The number of benzene rings is 2. The molecule has 4 heteroatoms. The van der Waals surface area contributed by atoms with Crippen LogP contribution in [0.2, 0.25) is 0 Å². The second-order valence-electron chi connectivity index (χ2n) is 7.29. The standard InChI is InChI=1S/C22H24O3S/c1-14(11-15-5-7-16(8-6-15)21(23)24)17-12-20-18(13-19(17)25-4)22(2,3)9-10-26-20/h5-8,11-13H,9-10H2,1-4H3,(H,23,24). The predicted molar refractivity (Wildman–Crippen MR) is 108 cm³/mol. The SMILES string of the molecule is COc1cc2c(cc1C(C)=Cc1ccc(C(=O)O)cc1)SCCC2(C)C. The summed E-state index contributed by atoms with van der Waals surface area (Å²) in [5.74, 6) is 1.11. The molecule has 136 valence electrons. The number of carbonyl (C=O) groups is 1.